The van der Waals surface area contributed by atoms with E-state index in [1.807, 2.05) is 53.8 Å². The second-order valence-corrected chi connectivity index (χ2v) is 2.67. The summed E-state index contributed by atoms with van der Waals surface area (Å²) in [4.78, 5) is 11.5. The van der Waals surface area contributed by atoms with E-state index >= 15 is 0 Å². The summed E-state index contributed by atoms with van der Waals surface area (Å²) in [5, 5.41) is 0. The number of rotatable bonds is 0. The average molecular weight is 207 g/mol. The Morgan fingerprint density at radius 3 is 2.27 bits per heavy atom. The van der Waals surface area contributed by atoms with Crippen LogP contribution in [0, 0.1) is 13.8 Å². The van der Waals surface area contributed by atoms with Crippen LogP contribution in [0.3, 0.4) is 0 Å². The van der Waals surface area contributed by atoms with Crippen LogP contribution in [0.15, 0.2) is 12.3 Å². The summed E-state index contributed by atoms with van der Waals surface area (Å²) in [6, 6.07) is 2.02. The fourth-order valence-electron chi connectivity index (χ4n) is 1.15. The van der Waals surface area contributed by atoms with E-state index in [-0.39, 0.29) is 0 Å². The third-order valence-corrected chi connectivity index (χ3v) is 1.62. The average Bonchev–Trinajstić information content (AvgIpc) is 2.63. The van der Waals surface area contributed by atoms with Crippen LogP contribution >= 0.6 is 0 Å². The summed E-state index contributed by atoms with van der Waals surface area (Å²) in [6.45, 7) is 11.9. The Morgan fingerprint density at radius 2 is 1.67 bits per heavy atom. The number of fused-ring (bicyclic) bond motifs is 1. The molecule has 0 unspecified atom stereocenters. The third kappa shape index (κ3) is 3.70. The SMILES string of the molecule is CC.CC.Cc1ncc2[nH]c(C)cc2n1. The van der Waals surface area contributed by atoms with Crippen molar-refractivity contribution in [2.45, 2.75) is 41.5 Å². The molecule has 0 aliphatic carbocycles. The predicted molar refractivity (Wildman–Crippen MR) is 66.1 cm³/mol. The highest BCUT2D eigenvalue weighted by Gasteiger charge is 1.97. The van der Waals surface area contributed by atoms with Crippen molar-refractivity contribution in [1.29, 1.82) is 0 Å². The van der Waals surface area contributed by atoms with Crippen molar-refractivity contribution >= 4 is 11.0 Å². The summed E-state index contributed by atoms with van der Waals surface area (Å²) in [5.41, 5.74) is 3.13. The largest absolute Gasteiger partial charge is 0.356 e. The van der Waals surface area contributed by atoms with Gasteiger partial charge in [0, 0.05) is 5.69 Å². The zero-order valence-electron chi connectivity index (χ0n) is 10.5. The molecule has 2 aromatic rings. The number of aromatic amines is 1. The van der Waals surface area contributed by atoms with E-state index in [1.54, 1.807) is 0 Å². The number of nitrogens with zero attached hydrogens (tertiary/aromatic N) is 2. The molecule has 3 nitrogen and oxygen atoms in total. The van der Waals surface area contributed by atoms with Crippen LogP contribution < -0.4 is 0 Å². The molecular formula is C12H21N3. The van der Waals surface area contributed by atoms with Crippen molar-refractivity contribution in [3.05, 3.63) is 23.8 Å². The van der Waals surface area contributed by atoms with Crippen molar-refractivity contribution in [2.75, 3.05) is 0 Å². The van der Waals surface area contributed by atoms with Crippen molar-refractivity contribution in [1.82, 2.24) is 15.0 Å². The summed E-state index contributed by atoms with van der Waals surface area (Å²) in [5.74, 6) is 0.816. The van der Waals surface area contributed by atoms with Crippen LogP contribution in [0.4, 0.5) is 0 Å². The Balaban J connectivity index is 0.000000442. The lowest BCUT2D eigenvalue weighted by molar-refractivity contribution is 1.09. The van der Waals surface area contributed by atoms with E-state index in [9.17, 15) is 0 Å². The number of hydrogen-bond donors (Lipinski definition) is 1. The van der Waals surface area contributed by atoms with E-state index in [1.165, 1.54) is 0 Å². The minimum atomic E-state index is 0.816. The lowest BCUT2D eigenvalue weighted by atomic mass is 10.4. The van der Waals surface area contributed by atoms with Crippen molar-refractivity contribution in [3.8, 4) is 0 Å². The van der Waals surface area contributed by atoms with Gasteiger partial charge in [-0.25, -0.2) is 9.97 Å². The molecule has 2 heterocycles. The first-order chi connectivity index (χ1) is 7.25. The Bertz CT molecular complexity index is 391. The van der Waals surface area contributed by atoms with E-state index in [0.29, 0.717) is 0 Å². The van der Waals surface area contributed by atoms with Gasteiger partial charge in [0.25, 0.3) is 0 Å². The van der Waals surface area contributed by atoms with Gasteiger partial charge in [0.2, 0.25) is 0 Å². The highest BCUT2D eigenvalue weighted by molar-refractivity contribution is 5.74. The fourth-order valence-corrected chi connectivity index (χ4v) is 1.15. The molecule has 0 radical (unpaired) electrons. The van der Waals surface area contributed by atoms with Crippen molar-refractivity contribution in [2.24, 2.45) is 0 Å². The van der Waals surface area contributed by atoms with Crippen LogP contribution in [-0.4, -0.2) is 15.0 Å². The zero-order chi connectivity index (χ0) is 11.8. The van der Waals surface area contributed by atoms with Gasteiger partial charge >= 0.3 is 0 Å². The van der Waals surface area contributed by atoms with Gasteiger partial charge in [0.05, 0.1) is 17.2 Å². The Labute approximate surface area is 92.0 Å². The van der Waals surface area contributed by atoms with E-state index in [2.05, 4.69) is 15.0 Å². The molecule has 0 saturated heterocycles. The molecule has 0 aliphatic rings. The number of nitrogens with one attached hydrogen (secondary N) is 1. The van der Waals surface area contributed by atoms with Crippen LogP contribution in [0.1, 0.15) is 39.2 Å². The molecule has 2 rings (SSSR count). The molecule has 0 spiro atoms. The lowest BCUT2D eigenvalue weighted by Crippen LogP contribution is -1.84. The van der Waals surface area contributed by atoms with Gasteiger partial charge in [-0.3, -0.25) is 0 Å². The van der Waals surface area contributed by atoms with Gasteiger partial charge in [0.1, 0.15) is 5.82 Å². The summed E-state index contributed by atoms with van der Waals surface area (Å²) in [7, 11) is 0. The molecule has 15 heavy (non-hydrogen) atoms. The monoisotopic (exact) mass is 207 g/mol. The zero-order valence-corrected chi connectivity index (χ0v) is 10.5. The van der Waals surface area contributed by atoms with E-state index in [0.717, 1.165) is 22.6 Å². The highest BCUT2D eigenvalue weighted by Crippen LogP contribution is 2.10. The van der Waals surface area contributed by atoms with Gasteiger partial charge in [-0.15, -0.1) is 0 Å². The number of aromatic nitrogens is 3. The molecule has 0 aromatic carbocycles. The number of aryl methyl sites for hydroxylation is 2. The van der Waals surface area contributed by atoms with E-state index in [4.69, 9.17) is 0 Å². The quantitative estimate of drug-likeness (QED) is 0.716. The van der Waals surface area contributed by atoms with Crippen molar-refractivity contribution in [3.63, 3.8) is 0 Å². The fraction of sp³-hybridized carbons (Fsp3) is 0.500. The second kappa shape index (κ2) is 6.98. The predicted octanol–water partition coefficient (Wildman–Crippen LogP) is 3.63. The minimum Gasteiger partial charge on any atom is -0.356 e. The maximum atomic E-state index is 4.25. The van der Waals surface area contributed by atoms with Crippen LogP contribution in [0.2, 0.25) is 0 Å². The molecule has 0 bridgehead atoms. The summed E-state index contributed by atoms with van der Waals surface area (Å²) in [6.07, 6.45) is 1.81. The normalized spacial score (nSPS) is 8.67. The van der Waals surface area contributed by atoms with Crippen LogP contribution in [-0.2, 0) is 0 Å². The molecule has 0 amide bonds. The Hall–Kier alpha value is -1.38. The molecule has 84 valence electrons. The summed E-state index contributed by atoms with van der Waals surface area (Å²) >= 11 is 0. The number of hydrogen-bond acceptors (Lipinski definition) is 2. The van der Waals surface area contributed by atoms with Crippen LogP contribution in [0.25, 0.3) is 11.0 Å². The highest BCUT2D eigenvalue weighted by atomic mass is 14.9. The number of H-pyrrole nitrogens is 1. The molecule has 0 aliphatic heterocycles. The topological polar surface area (TPSA) is 41.6 Å². The van der Waals surface area contributed by atoms with Gasteiger partial charge in [-0.1, -0.05) is 27.7 Å². The first kappa shape index (κ1) is 13.6. The molecule has 0 atom stereocenters. The lowest BCUT2D eigenvalue weighted by Gasteiger charge is -1.89. The molecule has 1 N–H and O–H groups in total. The maximum absolute atomic E-state index is 4.25. The molecule has 0 saturated carbocycles. The third-order valence-electron chi connectivity index (χ3n) is 1.62. The van der Waals surface area contributed by atoms with E-state index < -0.39 is 0 Å². The van der Waals surface area contributed by atoms with Crippen LogP contribution in [0.5, 0.6) is 0 Å². The van der Waals surface area contributed by atoms with Gasteiger partial charge in [0.15, 0.2) is 0 Å². The minimum absolute atomic E-state index is 0.816. The molecule has 2 aromatic heterocycles. The molecule has 3 heteroatoms. The second-order valence-electron chi connectivity index (χ2n) is 2.67. The Morgan fingerprint density at radius 1 is 1.07 bits per heavy atom. The smallest absolute Gasteiger partial charge is 0.126 e. The van der Waals surface area contributed by atoms with Crippen molar-refractivity contribution < 1.29 is 0 Å². The first-order valence-corrected chi connectivity index (χ1v) is 5.55. The van der Waals surface area contributed by atoms with Gasteiger partial charge in [-0.05, 0) is 19.9 Å². The molecule has 0 fully saturated rings. The maximum Gasteiger partial charge on any atom is 0.126 e. The summed E-state index contributed by atoms with van der Waals surface area (Å²) < 4.78 is 0. The molecular weight excluding hydrogens is 186 g/mol. The first-order valence-electron chi connectivity index (χ1n) is 5.55. The van der Waals surface area contributed by atoms with Gasteiger partial charge in [-0.2, -0.15) is 0 Å². The van der Waals surface area contributed by atoms with Gasteiger partial charge < -0.3 is 4.98 Å². The standard InChI is InChI=1S/C8H9N3.2C2H6/c1-5-3-7-8(10-5)4-9-6(2)11-7;2*1-2/h3-4,10H,1-2H3;2*1-2H3. The Kier molecular flexibility index (Phi) is 6.34.